The highest BCUT2D eigenvalue weighted by Crippen LogP contribution is 2.24. The summed E-state index contributed by atoms with van der Waals surface area (Å²) >= 11 is 0. The number of nitrogens with zero attached hydrogens (tertiary/aromatic N) is 3. The number of pyridine rings is 1. The van der Waals surface area contributed by atoms with Crippen LogP contribution in [0.25, 0.3) is 11.0 Å². The number of aromatic nitrogens is 3. The maximum atomic E-state index is 13.9. The summed E-state index contributed by atoms with van der Waals surface area (Å²) in [6, 6.07) is 17.9. The second-order valence-corrected chi connectivity index (χ2v) is 7.25. The highest BCUT2D eigenvalue weighted by molar-refractivity contribution is 5.76. The van der Waals surface area contributed by atoms with Crippen LogP contribution in [-0.4, -0.2) is 21.1 Å². The summed E-state index contributed by atoms with van der Waals surface area (Å²) in [5, 5.41) is 3.84. The van der Waals surface area contributed by atoms with Crippen molar-refractivity contribution in [3.8, 4) is 11.5 Å². The van der Waals surface area contributed by atoms with E-state index in [0.29, 0.717) is 17.0 Å². The summed E-state index contributed by atoms with van der Waals surface area (Å²) in [6.45, 7) is 0.737. The molecule has 31 heavy (non-hydrogen) atoms. The zero-order valence-corrected chi connectivity index (χ0v) is 17.2. The first kappa shape index (κ1) is 20.5. The zero-order valence-electron chi connectivity index (χ0n) is 17.2. The molecule has 0 spiro atoms. The van der Waals surface area contributed by atoms with E-state index in [1.54, 1.807) is 25.4 Å². The first-order valence-corrected chi connectivity index (χ1v) is 10.2. The Balaban J connectivity index is 1.43. The molecule has 0 bridgehead atoms. The molecule has 0 saturated heterocycles. The van der Waals surface area contributed by atoms with Crippen LogP contribution in [0.2, 0.25) is 0 Å². The van der Waals surface area contributed by atoms with Crippen molar-refractivity contribution in [3.05, 3.63) is 88.6 Å². The molecule has 0 radical (unpaired) electrons. The number of rotatable bonds is 8. The van der Waals surface area contributed by atoms with Crippen molar-refractivity contribution >= 4 is 17.0 Å². The maximum Gasteiger partial charge on any atom is 0.294 e. The van der Waals surface area contributed by atoms with Gasteiger partial charge in [0.2, 0.25) is 5.95 Å². The van der Waals surface area contributed by atoms with E-state index in [9.17, 15) is 9.18 Å². The number of ether oxygens (including phenoxy) is 1. The lowest BCUT2D eigenvalue weighted by molar-refractivity contribution is 0.434. The maximum absolute atomic E-state index is 13.9. The fraction of sp³-hybridized carbons (Fsp3) is 0.208. The van der Waals surface area contributed by atoms with E-state index in [2.05, 4.69) is 27.4 Å². The average molecular weight is 418 g/mol. The molecule has 0 amide bonds. The summed E-state index contributed by atoms with van der Waals surface area (Å²) in [4.78, 5) is 21.5. The van der Waals surface area contributed by atoms with E-state index in [-0.39, 0.29) is 11.5 Å². The number of aryl methyl sites for hydroxylation is 2. The van der Waals surface area contributed by atoms with Crippen LogP contribution in [0, 0.1) is 5.82 Å². The fourth-order valence-corrected chi connectivity index (χ4v) is 3.32. The van der Waals surface area contributed by atoms with Gasteiger partial charge in [-0.1, -0.05) is 42.5 Å². The van der Waals surface area contributed by atoms with Crippen molar-refractivity contribution < 1.29 is 9.13 Å². The molecule has 0 aliphatic rings. The third-order valence-corrected chi connectivity index (χ3v) is 4.99. The summed E-state index contributed by atoms with van der Waals surface area (Å²) in [6.07, 6.45) is 4.69. The number of hydrogen-bond donors (Lipinski definition) is 1. The van der Waals surface area contributed by atoms with Crippen LogP contribution in [-0.2, 0) is 13.5 Å². The molecule has 4 aromatic rings. The van der Waals surface area contributed by atoms with E-state index in [1.807, 2.05) is 18.2 Å². The van der Waals surface area contributed by atoms with Gasteiger partial charge in [0.1, 0.15) is 5.65 Å². The first-order valence-electron chi connectivity index (χ1n) is 10.2. The Morgan fingerprint density at radius 2 is 1.81 bits per heavy atom. The molecule has 1 N–H and O–H groups in total. The number of nitrogens with one attached hydrogen (secondary N) is 1. The van der Waals surface area contributed by atoms with E-state index < -0.39 is 11.4 Å². The van der Waals surface area contributed by atoms with Gasteiger partial charge in [0.15, 0.2) is 17.3 Å². The van der Waals surface area contributed by atoms with E-state index in [0.717, 1.165) is 25.8 Å². The summed E-state index contributed by atoms with van der Waals surface area (Å²) in [5.41, 5.74) is 1.41. The highest BCUT2D eigenvalue weighted by Gasteiger charge is 2.13. The van der Waals surface area contributed by atoms with Gasteiger partial charge in [-0.15, -0.1) is 0 Å². The number of halogens is 1. The molecule has 0 atom stereocenters. The van der Waals surface area contributed by atoms with Crippen LogP contribution in [0.5, 0.6) is 11.5 Å². The lowest BCUT2D eigenvalue weighted by Gasteiger charge is -2.11. The van der Waals surface area contributed by atoms with Crippen LogP contribution in [0.3, 0.4) is 0 Å². The molecule has 7 heteroatoms. The third-order valence-electron chi connectivity index (χ3n) is 4.99. The van der Waals surface area contributed by atoms with Gasteiger partial charge in [-0.2, -0.15) is 4.98 Å². The number of anilines is 1. The van der Waals surface area contributed by atoms with Crippen LogP contribution in [0.15, 0.2) is 71.7 Å². The first-order chi connectivity index (χ1) is 15.1. The van der Waals surface area contributed by atoms with E-state index in [4.69, 9.17) is 4.74 Å². The Bertz CT molecular complexity index is 1240. The van der Waals surface area contributed by atoms with Gasteiger partial charge < -0.3 is 10.1 Å². The Morgan fingerprint density at radius 3 is 2.61 bits per heavy atom. The van der Waals surface area contributed by atoms with Gasteiger partial charge in [0, 0.05) is 25.2 Å². The van der Waals surface area contributed by atoms with E-state index in [1.165, 1.54) is 28.3 Å². The second kappa shape index (κ2) is 9.38. The highest BCUT2D eigenvalue weighted by atomic mass is 19.1. The third kappa shape index (κ3) is 4.88. The molecule has 4 rings (SSSR count). The van der Waals surface area contributed by atoms with Crippen LogP contribution >= 0.6 is 0 Å². The second-order valence-electron chi connectivity index (χ2n) is 7.25. The van der Waals surface area contributed by atoms with Crippen LogP contribution in [0.1, 0.15) is 18.4 Å². The van der Waals surface area contributed by atoms with Crippen molar-refractivity contribution in [3.63, 3.8) is 0 Å². The molecule has 0 unspecified atom stereocenters. The Kier molecular flexibility index (Phi) is 6.21. The molecule has 6 nitrogen and oxygen atoms in total. The largest absolute Gasteiger partial charge is 0.448 e. The molecule has 0 aliphatic heterocycles. The molecule has 0 aliphatic carbocycles. The number of fused-ring (bicyclic) bond motifs is 1. The lowest BCUT2D eigenvalue weighted by atomic mass is 10.1. The molecule has 158 valence electrons. The van der Waals surface area contributed by atoms with Gasteiger partial charge in [-0.25, -0.2) is 9.37 Å². The minimum absolute atomic E-state index is 0.00587. The Hall–Kier alpha value is -3.74. The number of unbranched alkanes of at least 4 members (excludes halogenated alkanes) is 1. The normalized spacial score (nSPS) is 10.9. The average Bonchev–Trinajstić information content (AvgIpc) is 2.79. The van der Waals surface area contributed by atoms with Gasteiger partial charge in [-0.3, -0.25) is 9.36 Å². The van der Waals surface area contributed by atoms with E-state index >= 15 is 0 Å². The smallest absolute Gasteiger partial charge is 0.294 e. The number of para-hydroxylation sites is 1. The predicted molar refractivity (Wildman–Crippen MR) is 119 cm³/mol. The molecular weight excluding hydrogens is 395 g/mol. The fourth-order valence-electron chi connectivity index (χ4n) is 3.32. The molecule has 2 aromatic heterocycles. The molecule has 2 aromatic carbocycles. The van der Waals surface area contributed by atoms with Gasteiger partial charge >= 0.3 is 0 Å². The summed E-state index contributed by atoms with van der Waals surface area (Å²) in [7, 11) is 1.61. The Labute approximate surface area is 179 Å². The minimum Gasteiger partial charge on any atom is -0.448 e. The van der Waals surface area contributed by atoms with Gasteiger partial charge in [0.05, 0.1) is 0 Å². The van der Waals surface area contributed by atoms with Crippen molar-refractivity contribution in [2.75, 3.05) is 11.9 Å². The van der Waals surface area contributed by atoms with Crippen LogP contribution in [0.4, 0.5) is 10.3 Å². The predicted octanol–water partition coefficient (Wildman–Crippen LogP) is 4.69. The zero-order chi connectivity index (χ0) is 21.6. The SMILES string of the molecule is Cn1c(=O)c(Oc2ccccc2F)cc2cnc(NCCCCc3ccccc3)nc21. The van der Waals surface area contributed by atoms with Gasteiger partial charge in [0.25, 0.3) is 5.56 Å². The lowest BCUT2D eigenvalue weighted by Crippen LogP contribution is -2.20. The number of hydrogen-bond acceptors (Lipinski definition) is 5. The van der Waals surface area contributed by atoms with Crippen molar-refractivity contribution in [2.24, 2.45) is 7.05 Å². The summed E-state index contributed by atoms with van der Waals surface area (Å²) < 4.78 is 20.8. The minimum atomic E-state index is -0.535. The molecule has 0 saturated carbocycles. The quantitative estimate of drug-likeness (QED) is 0.420. The van der Waals surface area contributed by atoms with Crippen molar-refractivity contribution in [1.29, 1.82) is 0 Å². The van der Waals surface area contributed by atoms with Crippen molar-refractivity contribution in [2.45, 2.75) is 19.3 Å². The molecule has 2 heterocycles. The van der Waals surface area contributed by atoms with Crippen molar-refractivity contribution in [1.82, 2.24) is 14.5 Å². The monoisotopic (exact) mass is 418 g/mol. The summed E-state index contributed by atoms with van der Waals surface area (Å²) in [5.74, 6) is -0.0586. The van der Waals surface area contributed by atoms with Crippen LogP contribution < -0.4 is 15.6 Å². The number of benzene rings is 2. The molecular formula is C24H23FN4O2. The Morgan fingerprint density at radius 1 is 1.03 bits per heavy atom. The standard InChI is InChI=1S/C24H23FN4O2/c1-29-22-18(15-21(23(29)30)31-20-13-6-5-12-19(20)25)16-27-24(28-22)26-14-8-7-11-17-9-3-2-4-10-17/h2-6,9-10,12-13,15-16H,7-8,11,14H2,1H3,(H,26,27,28). The van der Waals surface area contributed by atoms with Gasteiger partial charge in [-0.05, 0) is 43.0 Å². The topological polar surface area (TPSA) is 69.0 Å². The molecule has 0 fully saturated rings.